The number of aromatic nitrogens is 1. The van der Waals surface area contributed by atoms with Crippen molar-refractivity contribution in [3.63, 3.8) is 0 Å². The minimum Gasteiger partial charge on any atom is -0.354 e. The van der Waals surface area contributed by atoms with E-state index in [2.05, 4.69) is 35.5 Å². The second kappa shape index (κ2) is 6.15. The minimum absolute atomic E-state index is 0.0677. The summed E-state index contributed by atoms with van der Waals surface area (Å²) in [5.41, 5.74) is 2.40. The predicted octanol–water partition coefficient (Wildman–Crippen LogP) is 1.82. The minimum atomic E-state index is -0.184. The van der Waals surface area contributed by atoms with Gasteiger partial charge in [0.25, 0.3) is 0 Å². The lowest BCUT2D eigenvalue weighted by Crippen LogP contribution is -2.44. The van der Waals surface area contributed by atoms with Crippen molar-refractivity contribution in [3.05, 3.63) is 29.6 Å². The van der Waals surface area contributed by atoms with Crippen LogP contribution in [0.1, 0.15) is 44.5 Å². The van der Waals surface area contributed by atoms with E-state index in [4.69, 9.17) is 0 Å². The summed E-state index contributed by atoms with van der Waals surface area (Å²) >= 11 is 0. The second-order valence-electron chi connectivity index (χ2n) is 5.67. The third-order valence-corrected chi connectivity index (χ3v) is 3.49. The lowest BCUT2D eigenvalue weighted by atomic mass is 10.1. The Hall–Kier alpha value is -1.42. The highest BCUT2D eigenvalue weighted by atomic mass is 16.2. The molecule has 1 aromatic rings. The Bertz CT molecular complexity index is 445. The van der Waals surface area contributed by atoms with Crippen molar-refractivity contribution >= 4 is 5.91 Å². The lowest BCUT2D eigenvalue weighted by molar-refractivity contribution is -0.123. The first-order valence-corrected chi connectivity index (χ1v) is 7.05. The molecule has 0 aliphatic heterocycles. The van der Waals surface area contributed by atoms with Gasteiger partial charge in [-0.25, -0.2) is 0 Å². The summed E-state index contributed by atoms with van der Waals surface area (Å²) in [6.45, 7) is 6.83. The number of aryl methyl sites for hydroxylation is 1. The highest BCUT2D eigenvalue weighted by molar-refractivity contribution is 5.81. The summed E-state index contributed by atoms with van der Waals surface area (Å²) in [5, 5.41) is 6.34. The number of nitrogens with zero attached hydrogens (tertiary/aromatic N) is 1. The molecule has 1 amide bonds. The molecular weight excluding hydrogens is 238 g/mol. The van der Waals surface area contributed by atoms with Gasteiger partial charge < -0.3 is 5.32 Å². The van der Waals surface area contributed by atoms with Crippen molar-refractivity contribution in [1.29, 1.82) is 0 Å². The molecule has 104 valence electrons. The summed E-state index contributed by atoms with van der Waals surface area (Å²) < 4.78 is 0. The third kappa shape index (κ3) is 3.53. The van der Waals surface area contributed by atoms with Crippen LogP contribution in [-0.2, 0) is 11.2 Å². The van der Waals surface area contributed by atoms with E-state index < -0.39 is 0 Å². The number of hydrogen-bond donors (Lipinski definition) is 2. The Kier molecular flexibility index (Phi) is 4.53. The molecule has 1 aromatic heterocycles. The molecule has 4 heteroatoms. The zero-order valence-electron chi connectivity index (χ0n) is 11.9. The molecule has 4 nitrogen and oxygen atoms in total. The van der Waals surface area contributed by atoms with E-state index in [9.17, 15) is 4.79 Å². The summed E-state index contributed by atoms with van der Waals surface area (Å²) in [4.78, 5) is 16.4. The van der Waals surface area contributed by atoms with Gasteiger partial charge in [0.15, 0.2) is 0 Å². The van der Waals surface area contributed by atoms with Crippen LogP contribution in [0.2, 0.25) is 0 Å². The van der Waals surface area contributed by atoms with Gasteiger partial charge in [-0.05, 0) is 37.3 Å². The molecule has 0 bridgehead atoms. The van der Waals surface area contributed by atoms with Crippen molar-refractivity contribution in [2.45, 2.75) is 45.7 Å². The van der Waals surface area contributed by atoms with Gasteiger partial charge in [-0.2, -0.15) is 0 Å². The average molecular weight is 261 g/mol. The fraction of sp³-hybridized carbons (Fsp3) is 0.600. The van der Waals surface area contributed by atoms with E-state index in [1.165, 1.54) is 5.56 Å². The van der Waals surface area contributed by atoms with Crippen molar-refractivity contribution in [3.8, 4) is 0 Å². The molecule has 0 spiro atoms. The van der Waals surface area contributed by atoms with Crippen LogP contribution < -0.4 is 10.6 Å². The maximum absolute atomic E-state index is 12.0. The third-order valence-electron chi connectivity index (χ3n) is 3.49. The molecular formula is C15H23N3O. The number of nitrogens with one attached hydrogen (secondary N) is 2. The number of carbonyl (C=O) groups excluding carboxylic acids is 1. The second-order valence-corrected chi connectivity index (χ2v) is 5.67. The zero-order chi connectivity index (χ0) is 13.8. The van der Waals surface area contributed by atoms with Crippen molar-refractivity contribution in [2.24, 2.45) is 5.92 Å². The standard InChI is InChI=1S/C15H23N3O/c1-10(2)9-17-15(19)11(3)18-13-7-6-12-5-4-8-16-14(12)13/h4-5,8,10-11,13,18H,6-7,9H2,1-3H3,(H,17,19). The topological polar surface area (TPSA) is 54.0 Å². The van der Waals surface area contributed by atoms with Crippen molar-refractivity contribution in [2.75, 3.05) is 6.54 Å². The van der Waals surface area contributed by atoms with Crippen LogP contribution in [0.15, 0.2) is 18.3 Å². The molecule has 0 fully saturated rings. The average Bonchev–Trinajstić information content (AvgIpc) is 2.79. The number of hydrogen-bond acceptors (Lipinski definition) is 3. The smallest absolute Gasteiger partial charge is 0.236 e. The van der Waals surface area contributed by atoms with E-state index in [1.54, 1.807) is 0 Å². The van der Waals surface area contributed by atoms with Gasteiger partial charge >= 0.3 is 0 Å². The Morgan fingerprint density at radius 1 is 1.47 bits per heavy atom. The summed E-state index contributed by atoms with van der Waals surface area (Å²) in [6, 6.07) is 4.11. The molecule has 1 heterocycles. The Morgan fingerprint density at radius 2 is 2.26 bits per heavy atom. The quantitative estimate of drug-likeness (QED) is 0.850. The van der Waals surface area contributed by atoms with Crippen molar-refractivity contribution < 1.29 is 4.79 Å². The van der Waals surface area contributed by atoms with Gasteiger partial charge in [-0.3, -0.25) is 15.1 Å². The van der Waals surface area contributed by atoms with Crippen LogP contribution >= 0.6 is 0 Å². The first kappa shape index (κ1) is 14.0. The van der Waals surface area contributed by atoms with Gasteiger partial charge in [0.1, 0.15) is 0 Å². The summed E-state index contributed by atoms with van der Waals surface area (Å²) in [7, 11) is 0. The summed E-state index contributed by atoms with van der Waals surface area (Å²) in [5.74, 6) is 0.545. The first-order valence-electron chi connectivity index (χ1n) is 7.05. The van der Waals surface area contributed by atoms with E-state index in [1.807, 2.05) is 19.2 Å². The van der Waals surface area contributed by atoms with Gasteiger partial charge in [0.2, 0.25) is 5.91 Å². The van der Waals surface area contributed by atoms with Gasteiger partial charge in [-0.15, -0.1) is 0 Å². The number of rotatable bonds is 5. The Balaban J connectivity index is 1.90. The molecule has 2 N–H and O–H groups in total. The number of pyridine rings is 1. The summed E-state index contributed by atoms with van der Waals surface area (Å²) in [6.07, 6.45) is 3.89. The highest BCUT2D eigenvalue weighted by Gasteiger charge is 2.26. The van der Waals surface area contributed by atoms with E-state index >= 15 is 0 Å². The fourth-order valence-electron chi connectivity index (χ4n) is 2.41. The maximum atomic E-state index is 12.0. The molecule has 0 saturated heterocycles. The van der Waals surface area contributed by atoms with E-state index in [0.717, 1.165) is 25.1 Å². The van der Waals surface area contributed by atoms with Crippen molar-refractivity contribution in [1.82, 2.24) is 15.6 Å². The molecule has 2 rings (SSSR count). The molecule has 1 aliphatic rings. The molecule has 1 aliphatic carbocycles. The molecule has 0 aromatic carbocycles. The number of fused-ring (bicyclic) bond motifs is 1. The van der Waals surface area contributed by atoms with Crippen LogP contribution in [0, 0.1) is 5.92 Å². The molecule has 2 atom stereocenters. The maximum Gasteiger partial charge on any atom is 0.236 e. The molecule has 0 saturated carbocycles. The normalized spacial score (nSPS) is 19.3. The van der Waals surface area contributed by atoms with Gasteiger partial charge in [-0.1, -0.05) is 19.9 Å². The molecule has 2 unspecified atom stereocenters. The van der Waals surface area contributed by atoms with Crippen LogP contribution in [0.5, 0.6) is 0 Å². The Labute approximate surface area is 115 Å². The Morgan fingerprint density at radius 3 is 3.00 bits per heavy atom. The fourth-order valence-corrected chi connectivity index (χ4v) is 2.41. The number of carbonyl (C=O) groups is 1. The van der Waals surface area contributed by atoms with Crippen LogP contribution in [0.3, 0.4) is 0 Å². The van der Waals surface area contributed by atoms with Gasteiger partial charge in [0, 0.05) is 12.7 Å². The monoisotopic (exact) mass is 261 g/mol. The van der Waals surface area contributed by atoms with Gasteiger partial charge in [0.05, 0.1) is 17.8 Å². The predicted molar refractivity (Wildman–Crippen MR) is 75.7 cm³/mol. The largest absolute Gasteiger partial charge is 0.354 e. The first-order chi connectivity index (χ1) is 9.08. The van der Waals surface area contributed by atoms with Crippen LogP contribution in [-0.4, -0.2) is 23.5 Å². The highest BCUT2D eigenvalue weighted by Crippen LogP contribution is 2.29. The lowest BCUT2D eigenvalue weighted by Gasteiger charge is -2.19. The number of amides is 1. The SMILES string of the molecule is CC(C)CNC(=O)C(C)NC1CCc2cccnc21. The molecule has 0 radical (unpaired) electrons. The zero-order valence-corrected chi connectivity index (χ0v) is 11.9. The van der Waals surface area contributed by atoms with Crippen LogP contribution in [0.25, 0.3) is 0 Å². The molecule has 19 heavy (non-hydrogen) atoms. The van der Waals surface area contributed by atoms with Crippen LogP contribution in [0.4, 0.5) is 0 Å². The van der Waals surface area contributed by atoms with E-state index in [-0.39, 0.29) is 18.0 Å². The van der Waals surface area contributed by atoms with E-state index in [0.29, 0.717) is 5.92 Å².